The van der Waals surface area contributed by atoms with Gasteiger partial charge in [-0.15, -0.1) is 0 Å². The highest BCUT2D eigenvalue weighted by atomic mass is 32.1. The summed E-state index contributed by atoms with van der Waals surface area (Å²) in [6.45, 7) is 0. The van der Waals surface area contributed by atoms with Crippen LogP contribution in [0.15, 0.2) is 24.3 Å². The highest BCUT2D eigenvalue weighted by Crippen LogP contribution is 2.25. The van der Waals surface area contributed by atoms with Crippen molar-refractivity contribution in [1.29, 1.82) is 0 Å². The molecule has 0 bridgehead atoms. The first-order chi connectivity index (χ1) is 7.74. The minimum Gasteiger partial charge on any atom is -0.277 e. The molecule has 0 aliphatic rings. The van der Waals surface area contributed by atoms with Gasteiger partial charge in [0.15, 0.2) is 5.52 Å². The van der Waals surface area contributed by atoms with E-state index in [2.05, 4.69) is 22.8 Å². The van der Waals surface area contributed by atoms with Crippen molar-refractivity contribution in [2.75, 3.05) is 5.75 Å². The minimum absolute atomic E-state index is 0.0132. The summed E-state index contributed by atoms with van der Waals surface area (Å²) in [5.74, 6) is 0.607. The van der Waals surface area contributed by atoms with E-state index in [1.165, 1.54) is 6.07 Å². The maximum absolute atomic E-state index is 10.8. The zero-order chi connectivity index (χ0) is 11.5. The minimum atomic E-state index is -0.435. The Kier molecular flexibility index (Phi) is 2.91. The average molecular weight is 235 g/mol. The number of non-ortho nitro benzene ring substituents is 1. The van der Waals surface area contributed by atoms with E-state index in [9.17, 15) is 10.1 Å². The van der Waals surface area contributed by atoms with Crippen LogP contribution in [0.3, 0.4) is 0 Å². The highest BCUT2D eigenvalue weighted by molar-refractivity contribution is 7.80. The molecule has 2 aromatic rings. The summed E-state index contributed by atoms with van der Waals surface area (Å²) in [6, 6.07) is 4.88. The Bertz CT molecular complexity index is 562. The second-order valence-electron chi connectivity index (χ2n) is 3.15. The number of nitro benzene ring substituents is 1. The maximum Gasteiger partial charge on any atom is 0.297 e. The van der Waals surface area contributed by atoms with Crippen LogP contribution in [0.5, 0.6) is 0 Å². The number of benzene rings is 1. The Morgan fingerprint density at radius 1 is 1.56 bits per heavy atom. The van der Waals surface area contributed by atoms with Crippen molar-refractivity contribution in [2.45, 2.75) is 0 Å². The predicted molar refractivity (Wildman–Crippen MR) is 65.6 cm³/mol. The second kappa shape index (κ2) is 4.36. The van der Waals surface area contributed by atoms with E-state index in [-0.39, 0.29) is 5.69 Å². The lowest BCUT2D eigenvalue weighted by atomic mass is 10.2. The molecule has 82 valence electrons. The van der Waals surface area contributed by atoms with Gasteiger partial charge in [-0.3, -0.25) is 15.2 Å². The molecule has 1 aromatic carbocycles. The van der Waals surface area contributed by atoms with Gasteiger partial charge in [0.2, 0.25) is 0 Å². The summed E-state index contributed by atoms with van der Waals surface area (Å²) in [7, 11) is 0. The predicted octanol–water partition coefficient (Wildman–Crippen LogP) is 2.41. The first-order valence-electron chi connectivity index (χ1n) is 4.63. The van der Waals surface area contributed by atoms with Crippen molar-refractivity contribution < 1.29 is 4.92 Å². The van der Waals surface area contributed by atoms with Crippen LogP contribution in [0.4, 0.5) is 5.69 Å². The largest absolute Gasteiger partial charge is 0.297 e. The van der Waals surface area contributed by atoms with Gasteiger partial charge in [0, 0.05) is 17.2 Å². The molecule has 0 spiro atoms. The van der Waals surface area contributed by atoms with Gasteiger partial charge in [-0.2, -0.15) is 17.7 Å². The number of hydrogen-bond acceptors (Lipinski definition) is 4. The smallest absolute Gasteiger partial charge is 0.277 e. The van der Waals surface area contributed by atoms with E-state index in [1.54, 1.807) is 12.1 Å². The third-order valence-electron chi connectivity index (χ3n) is 2.18. The van der Waals surface area contributed by atoms with Gasteiger partial charge < -0.3 is 0 Å². The standard InChI is InChI=1S/C10H9N3O2S/c14-13(15)9-5-1-3-7-8(4-2-6-16)11-12-10(7)9/h1-5,16H,6H2,(H,11,12). The molecule has 0 saturated carbocycles. The van der Waals surface area contributed by atoms with Gasteiger partial charge >= 0.3 is 0 Å². The van der Waals surface area contributed by atoms with Crippen molar-refractivity contribution >= 4 is 35.3 Å². The first kappa shape index (κ1) is 10.7. The third-order valence-corrected chi connectivity index (χ3v) is 2.39. The molecule has 0 aliphatic carbocycles. The number of nitrogens with one attached hydrogen (secondary N) is 1. The van der Waals surface area contributed by atoms with E-state index < -0.39 is 4.92 Å². The number of aromatic amines is 1. The van der Waals surface area contributed by atoms with Crippen molar-refractivity contribution in [3.05, 3.63) is 40.1 Å². The Labute approximate surface area is 96.7 Å². The van der Waals surface area contributed by atoms with Gasteiger partial charge in [0.1, 0.15) is 0 Å². The lowest BCUT2D eigenvalue weighted by molar-refractivity contribution is -0.383. The van der Waals surface area contributed by atoms with Crippen molar-refractivity contribution in [3.8, 4) is 0 Å². The fraction of sp³-hybridized carbons (Fsp3) is 0.100. The summed E-state index contributed by atoms with van der Waals surface area (Å²) in [5.41, 5.74) is 1.15. The molecule has 0 radical (unpaired) electrons. The van der Waals surface area contributed by atoms with Gasteiger partial charge in [-0.05, 0) is 6.08 Å². The van der Waals surface area contributed by atoms with Crippen LogP contribution in [-0.4, -0.2) is 20.9 Å². The molecule has 1 N–H and O–H groups in total. The summed E-state index contributed by atoms with van der Waals surface area (Å²) in [5, 5.41) is 18.2. The summed E-state index contributed by atoms with van der Waals surface area (Å²) in [4.78, 5) is 10.3. The molecule has 0 saturated heterocycles. The number of H-pyrrole nitrogens is 1. The van der Waals surface area contributed by atoms with Crippen LogP contribution >= 0.6 is 12.6 Å². The molecule has 0 amide bonds. The van der Waals surface area contributed by atoms with Gasteiger partial charge in [-0.25, -0.2) is 0 Å². The van der Waals surface area contributed by atoms with Gasteiger partial charge in [-0.1, -0.05) is 18.2 Å². The molecular weight excluding hydrogens is 226 g/mol. The molecule has 1 aromatic heterocycles. The van der Waals surface area contributed by atoms with E-state index in [0.29, 0.717) is 11.3 Å². The van der Waals surface area contributed by atoms with Crippen LogP contribution < -0.4 is 0 Å². The van der Waals surface area contributed by atoms with E-state index in [4.69, 9.17) is 0 Å². The lowest BCUT2D eigenvalue weighted by Gasteiger charge is -1.92. The zero-order valence-electron chi connectivity index (χ0n) is 8.25. The van der Waals surface area contributed by atoms with Crippen molar-refractivity contribution in [1.82, 2.24) is 10.2 Å². The number of fused-ring (bicyclic) bond motifs is 1. The maximum atomic E-state index is 10.8. The topological polar surface area (TPSA) is 71.8 Å². The summed E-state index contributed by atoms with van der Waals surface area (Å²) < 4.78 is 0. The first-order valence-corrected chi connectivity index (χ1v) is 5.26. The van der Waals surface area contributed by atoms with E-state index in [0.717, 1.165) is 11.1 Å². The van der Waals surface area contributed by atoms with Crippen LogP contribution in [-0.2, 0) is 0 Å². The van der Waals surface area contributed by atoms with E-state index >= 15 is 0 Å². The molecule has 0 aliphatic heterocycles. The average Bonchev–Trinajstić information content (AvgIpc) is 2.69. The number of nitrogens with zero attached hydrogens (tertiary/aromatic N) is 2. The van der Waals surface area contributed by atoms with Crippen LogP contribution in [0.1, 0.15) is 5.69 Å². The molecule has 16 heavy (non-hydrogen) atoms. The lowest BCUT2D eigenvalue weighted by Crippen LogP contribution is -1.88. The Morgan fingerprint density at radius 3 is 3.06 bits per heavy atom. The normalized spacial score (nSPS) is 11.3. The highest BCUT2D eigenvalue weighted by Gasteiger charge is 2.15. The quantitative estimate of drug-likeness (QED) is 0.487. The molecule has 6 heteroatoms. The number of rotatable bonds is 3. The molecule has 0 atom stereocenters. The number of thiol groups is 1. The summed E-state index contributed by atoms with van der Waals surface area (Å²) >= 11 is 4.05. The van der Waals surface area contributed by atoms with Gasteiger partial charge in [0.25, 0.3) is 5.69 Å². The van der Waals surface area contributed by atoms with Crippen molar-refractivity contribution in [3.63, 3.8) is 0 Å². The number of nitro groups is 1. The van der Waals surface area contributed by atoms with Crippen LogP contribution in [0.25, 0.3) is 17.0 Å². The molecule has 0 unspecified atom stereocenters. The summed E-state index contributed by atoms with van der Waals surface area (Å²) in [6.07, 6.45) is 3.65. The van der Waals surface area contributed by atoms with Crippen molar-refractivity contribution in [2.24, 2.45) is 0 Å². The van der Waals surface area contributed by atoms with E-state index in [1.807, 2.05) is 12.2 Å². The number of aromatic nitrogens is 2. The Morgan fingerprint density at radius 2 is 2.38 bits per heavy atom. The molecule has 0 fully saturated rings. The molecule has 1 heterocycles. The number of para-hydroxylation sites is 1. The SMILES string of the molecule is O=[N+]([O-])c1cccc2c(C=CCS)[nH]nc12. The fourth-order valence-electron chi connectivity index (χ4n) is 1.49. The van der Waals surface area contributed by atoms with Crippen LogP contribution in [0, 0.1) is 10.1 Å². The zero-order valence-corrected chi connectivity index (χ0v) is 9.15. The van der Waals surface area contributed by atoms with Crippen LogP contribution in [0.2, 0.25) is 0 Å². The molecule has 5 nitrogen and oxygen atoms in total. The second-order valence-corrected chi connectivity index (χ2v) is 3.52. The Balaban J connectivity index is 2.61. The molecular formula is C10H9N3O2S. The monoisotopic (exact) mass is 235 g/mol. The fourth-order valence-corrected chi connectivity index (χ4v) is 1.59. The number of hydrogen-bond donors (Lipinski definition) is 2. The Hall–Kier alpha value is -1.82. The van der Waals surface area contributed by atoms with Gasteiger partial charge in [0.05, 0.1) is 10.6 Å². The molecule has 2 rings (SSSR count). The third kappa shape index (κ3) is 1.79.